The number of benzene rings is 1. The number of fused-ring (bicyclic) bond motifs is 3. The fourth-order valence-corrected chi connectivity index (χ4v) is 2.42. The van der Waals surface area contributed by atoms with Gasteiger partial charge in [-0.05, 0) is 12.1 Å². The number of aromatic nitrogens is 2. The maximum absolute atomic E-state index is 11.0. The number of thiazole rings is 1. The molecule has 2 aromatic heterocycles. The second kappa shape index (κ2) is 3.77. The van der Waals surface area contributed by atoms with E-state index in [1.165, 1.54) is 11.3 Å². The van der Waals surface area contributed by atoms with Gasteiger partial charge in [0.05, 0.1) is 11.0 Å². The molecule has 0 atom stereocenters. The largest absolute Gasteiger partial charge is 0.365 e. The van der Waals surface area contributed by atoms with E-state index in [2.05, 4.69) is 4.98 Å². The van der Waals surface area contributed by atoms with E-state index in [0.717, 1.165) is 16.0 Å². The molecule has 0 unspecified atom stereocenters. The molecule has 0 radical (unpaired) electrons. The van der Waals surface area contributed by atoms with Gasteiger partial charge in [0, 0.05) is 6.20 Å². The van der Waals surface area contributed by atoms with Crippen molar-refractivity contribution in [3.8, 4) is 0 Å². The molecule has 2 heterocycles. The second-order valence-corrected chi connectivity index (χ2v) is 4.22. The van der Waals surface area contributed by atoms with Crippen LogP contribution in [0.25, 0.3) is 16.0 Å². The molecule has 6 heteroatoms. The molecule has 3 rings (SSSR count). The normalized spacial score (nSPS) is 10.5. The van der Waals surface area contributed by atoms with Crippen LogP contribution < -0.4 is 5.73 Å². The second-order valence-electron chi connectivity index (χ2n) is 3.21. The molecule has 2 N–H and O–H groups in total. The topological polar surface area (TPSA) is 60.4 Å². The monoisotopic (exact) mass is 253 g/mol. The summed E-state index contributed by atoms with van der Waals surface area (Å²) in [4.78, 5) is 16.7. The predicted molar refractivity (Wildman–Crippen MR) is 66.3 cm³/mol. The minimum absolute atomic E-state index is 0. The van der Waals surface area contributed by atoms with Gasteiger partial charge >= 0.3 is 0 Å². The SMILES string of the molecule is Cl.NC(=O)c1cn2c(nc3ccccc32)s1. The third-order valence-corrected chi connectivity index (χ3v) is 3.25. The molecule has 0 aliphatic heterocycles. The van der Waals surface area contributed by atoms with E-state index in [9.17, 15) is 4.79 Å². The molecule has 1 aromatic carbocycles. The predicted octanol–water partition coefficient (Wildman–Crippen LogP) is 2.07. The fraction of sp³-hybridized carbons (Fsp3) is 0. The highest BCUT2D eigenvalue weighted by molar-refractivity contribution is 7.18. The van der Waals surface area contributed by atoms with Crippen LogP contribution >= 0.6 is 23.7 Å². The zero-order valence-electron chi connectivity index (χ0n) is 8.08. The molecule has 0 saturated carbocycles. The third-order valence-electron chi connectivity index (χ3n) is 2.25. The fourth-order valence-electron chi connectivity index (χ4n) is 1.57. The first kappa shape index (κ1) is 10.9. The maximum Gasteiger partial charge on any atom is 0.260 e. The molecule has 0 aliphatic carbocycles. The van der Waals surface area contributed by atoms with Gasteiger partial charge in [0.2, 0.25) is 0 Å². The van der Waals surface area contributed by atoms with Gasteiger partial charge in [0.1, 0.15) is 4.88 Å². The number of carbonyl (C=O) groups excluding carboxylic acids is 1. The van der Waals surface area contributed by atoms with E-state index in [1.54, 1.807) is 6.20 Å². The molecule has 82 valence electrons. The minimum Gasteiger partial charge on any atom is -0.365 e. The van der Waals surface area contributed by atoms with Crippen LogP contribution in [0.4, 0.5) is 0 Å². The molecular weight excluding hydrogens is 246 g/mol. The average Bonchev–Trinajstić information content (AvgIpc) is 2.73. The summed E-state index contributed by atoms with van der Waals surface area (Å²) in [5.41, 5.74) is 7.14. The van der Waals surface area contributed by atoms with Crippen LogP contribution in [-0.2, 0) is 0 Å². The van der Waals surface area contributed by atoms with E-state index in [0.29, 0.717) is 4.88 Å². The van der Waals surface area contributed by atoms with Gasteiger partial charge in [-0.2, -0.15) is 0 Å². The Morgan fingerprint density at radius 2 is 2.12 bits per heavy atom. The molecule has 0 spiro atoms. The summed E-state index contributed by atoms with van der Waals surface area (Å²) < 4.78 is 1.89. The first-order chi connectivity index (χ1) is 7.25. The van der Waals surface area contributed by atoms with Gasteiger partial charge in [-0.15, -0.1) is 12.4 Å². The summed E-state index contributed by atoms with van der Waals surface area (Å²) >= 11 is 1.31. The number of primary amides is 1. The molecular formula is C10H8ClN3OS. The van der Waals surface area contributed by atoms with Crippen LogP contribution in [0.1, 0.15) is 9.67 Å². The number of rotatable bonds is 1. The molecule has 0 saturated heterocycles. The Morgan fingerprint density at radius 1 is 1.38 bits per heavy atom. The van der Waals surface area contributed by atoms with Crippen molar-refractivity contribution in [3.63, 3.8) is 0 Å². The Bertz CT molecular complexity index is 673. The summed E-state index contributed by atoms with van der Waals surface area (Å²) in [5.74, 6) is -0.408. The average molecular weight is 254 g/mol. The Labute approximate surface area is 101 Å². The van der Waals surface area contributed by atoms with Gasteiger partial charge in [0.25, 0.3) is 5.91 Å². The highest BCUT2D eigenvalue weighted by atomic mass is 35.5. The van der Waals surface area contributed by atoms with Crippen molar-refractivity contribution in [1.29, 1.82) is 0 Å². The quantitative estimate of drug-likeness (QED) is 0.722. The van der Waals surface area contributed by atoms with E-state index in [1.807, 2.05) is 28.7 Å². The maximum atomic E-state index is 11.0. The highest BCUT2D eigenvalue weighted by Gasteiger charge is 2.10. The summed E-state index contributed by atoms with van der Waals surface area (Å²) in [6.45, 7) is 0. The number of amides is 1. The van der Waals surface area contributed by atoms with Crippen LogP contribution in [0.15, 0.2) is 30.5 Å². The standard InChI is InChI=1S/C10H7N3OS.ClH/c11-9(14)8-5-13-7-4-2-1-3-6(7)12-10(13)15-8;/h1-5H,(H2,11,14);1H. The summed E-state index contributed by atoms with van der Waals surface area (Å²) in [7, 11) is 0. The lowest BCUT2D eigenvalue weighted by Crippen LogP contribution is -2.08. The van der Waals surface area contributed by atoms with Gasteiger partial charge in [-0.3, -0.25) is 9.20 Å². The number of nitrogens with two attached hydrogens (primary N) is 1. The zero-order valence-corrected chi connectivity index (χ0v) is 9.72. The molecule has 0 aliphatic rings. The smallest absolute Gasteiger partial charge is 0.260 e. The highest BCUT2D eigenvalue weighted by Crippen LogP contribution is 2.22. The number of hydrogen-bond donors (Lipinski definition) is 1. The zero-order chi connectivity index (χ0) is 10.4. The Kier molecular flexibility index (Phi) is 2.57. The van der Waals surface area contributed by atoms with E-state index in [-0.39, 0.29) is 12.4 Å². The number of halogens is 1. The number of nitrogens with zero attached hydrogens (tertiary/aromatic N) is 2. The Morgan fingerprint density at radius 3 is 2.88 bits per heavy atom. The van der Waals surface area contributed by atoms with Crippen molar-refractivity contribution in [3.05, 3.63) is 35.3 Å². The van der Waals surface area contributed by atoms with Crippen molar-refractivity contribution >= 4 is 45.6 Å². The third kappa shape index (κ3) is 1.45. The molecule has 4 nitrogen and oxygen atoms in total. The number of imidazole rings is 1. The van der Waals surface area contributed by atoms with Gasteiger partial charge in [-0.1, -0.05) is 23.5 Å². The molecule has 1 amide bonds. The van der Waals surface area contributed by atoms with Crippen molar-refractivity contribution in [2.75, 3.05) is 0 Å². The first-order valence-electron chi connectivity index (χ1n) is 4.42. The number of para-hydroxylation sites is 2. The lowest BCUT2D eigenvalue weighted by molar-refractivity contribution is 0.100. The van der Waals surface area contributed by atoms with Crippen LogP contribution in [-0.4, -0.2) is 15.3 Å². The summed E-state index contributed by atoms with van der Waals surface area (Å²) in [6, 6.07) is 7.79. The molecule has 0 bridgehead atoms. The van der Waals surface area contributed by atoms with Gasteiger partial charge in [0.15, 0.2) is 4.96 Å². The van der Waals surface area contributed by atoms with E-state index < -0.39 is 5.91 Å². The molecule has 16 heavy (non-hydrogen) atoms. The van der Waals surface area contributed by atoms with E-state index >= 15 is 0 Å². The number of hydrogen-bond acceptors (Lipinski definition) is 3. The lowest BCUT2D eigenvalue weighted by atomic mass is 10.3. The van der Waals surface area contributed by atoms with Gasteiger partial charge in [-0.25, -0.2) is 4.98 Å². The molecule has 3 aromatic rings. The summed E-state index contributed by atoms with van der Waals surface area (Å²) in [5, 5.41) is 0. The lowest BCUT2D eigenvalue weighted by Gasteiger charge is -1.88. The van der Waals surface area contributed by atoms with Crippen molar-refractivity contribution in [2.24, 2.45) is 5.73 Å². The molecule has 0 fully saturated rings. The summed E-state index contributed by atoms with van der Waals surface area (Å²) in [6.07, 6.45) is 1.73. The van der Waals surface area contributed by atoms with Crippen LogP contribution in [0.2, 0.25) is 0 Å². The van der Waals surface area contributed by atoms with Crippen LogP contribution in [0, 0.1) is 0 Å². The first-order valence-corrected chi connectivity index (χ1v) is 5.24. The van der Waals surface area contributed by atoms with Crippen molar-refractivity contribution in [1.82, 2.24) is 9.38 Å². The number of carbonyl (C=O) groups is 1. The van der Waals surface area contributed by atoms with E-state index in [4.69, 9.17) is 5.73 Å². The Hall–Kier alpha value is -1.59. The van der Waals surface area contributed by atoms with Crippen LogP contribution in [0.5, 0.6) is 0 Å². The van der Waals surface area contributed by atoms with Gasteiger partial charge < -0.3 is 5.73 Å². The van der Waals surface area contributed by atoms with Crippen LogP contribution in [0.3, 0.4) is 0 Å². The Balaban J connectivity index is 0.000000963. The van der Waals surface area contributed by atoms with Crippen molar-refractivity contribution in [2.45, 2.75) is 0 Å². The minimum atomic E-state index is -0.408. The van der Waals surface area contributed by atoms with Crippen molar-refractivity contribution < 1.29 is 4.79 Å².